The monoisotopic (exact) mass is 254 g/mol. The Morgan fingerprint density at radius 1 is 0.938 bits per heavy atom. The van der Waals surface area contributed by atoms with Crippen LogP contribution >= 0.6 is 0 Å². The molecule has 0 amide bonds. The Morgan fingerprint density at radius 3 is 1.88 bits per heavy atom. The molecule has 3 heteroatoms. The number of hydrogen-bond donors (Lipinski definition) is 0. The summed E-state index contributed by atoms with van der Waals surface area (Å²) >= 11 is 0. The van der Waals surface area contributed by atoms with Crippen LogP contribution in [0.15, 0.2) is 10.8 Å². The standard InChI is InChI=1S/C13H26OSi2/c1-15(2,3)12-10-8-7-9-11(12)13(14)16(4,5)6/h7-10H2,1-6H3. The number of allylic oxidation sites excluding steroid dienone is 2. The minimum Gasteiger partial charge on any atom is -0.300 e. The third-order valence-corrected chi connectivity index (χ3v) is 7.36. The molecule has 0 unspecified atom stereocenters. The summed E-state index contributed by atoms with van der Waals surface area (Å²) in [6.45, 7) is 13.7. The molecule has 92 valence electrons. The molecule has 0 aromatic carbocycles. The van der Waals surface area contributed by atoms with E-state index in [-0.39, 0.29) is 0 Å². The van der Waals surface area contributed by atoms with E-state index in [9.17, 15) is 4.79 Å². The number of carbonyl (C=O) groups excluding carboxylic acids is 1. The first-order valence-corrected chi connectivity index (χ1v) is 13.4. The summed E-state index contributed by atoms with van der Waals surface area (Å²) in [4.78, 5) is 12.5. The highest BCUT2D eigenvalue weighted by Crippen LogP contribution is 2.33. The van der Waals surface area contributed by atoms with Crippen LogP contribution in [0.1, 0.15) is 25.7 Å². The van der Waals surface area contributed by atoms with E-state index in [1.54, 1.807) is 5.20 Å². The molecule has 0 radical (unpaired) electrons. The van der Waals surface area contributed by atoms with Gasteiger partial charge in [-0.25, -0.2) is 0 Å². The average Bonchev–Trinajstić information content (AvgIpc) is 2.14. The second-order valence-electron chi connectivity index (χ2n) is 6.99. The third-order valence-electron chi connectivity index (χ3n) is 3.33. The molecular weight excluding hydrogens is 228 g/mol. The van der Waals surface area contributed by atoms with E-state index in [4.69, 9.17) is 0 Å². The van der Waals surface area contributed by atoms with Gasteiger partial charge in [-0.1, -0.05) is 44.5 Å². The van der Waals surface area contributed by atoms with E-state index < -0.39 is 16.1 Å². The molecule has 1 nitrogen and oxygen atoms in total. The van der Waals surface area contributed by atoms with Crippen LogP contribution in [0.25, 0.3) is 0 Å². The lowest BCUT2D eigenvalue weighted by atomic mass is 10.0. The van der Waals surface area contributed by atoms with Crippen molar-refractivity contribution in [1.29, 1.82) is 0 Å². The van der Waals surface area contributed by atoms with Gasteiger partial charge in [0.15, 0.2) is 0 Å². The van der Waals surface area contributed by atoms with E-state index in [0.717, 1.165) is 6.42 Å². The first kappa shape index (κ1) is 13.9. The first-order chi connectivity index (χ1) is 7.14. The molecule has 0 aromatic heterocycles. The van der Waals surface area contributed by atoms with Gasteiger partial charge in [0.2, 0.25) is 0 Å². The molecule has 0 heterocycles. The van der Waals surface area contributed by atoms with Crippen molar-refractivity contribution in [3.8, 4) is 0 Å². The molecule has 0 N–H and O–H groups in total. The van der Waals surface area contributed by atoms with Crippen molar-refractivity contribution in [2.45, 2.75) is 65.0 Å². The van der Waals surface area contributed by atoms with Gasteiger partial charge in [-0.05, 0) is 31.3 Å². The van der Waals surface area contributed by atoms with Crippen LogP contribution in [0, 0.1) is 0 Å². The van der Waals surface area contributed by atoms with Crippen molar-refractivity contribution in [2.24, 2.45) is 0 Å². The van der Waals surface area contributed by atoms with Crippen LogP contribution in [0.3, 0.4) is 0 Å². The van der Waals surface area contributed by atoms with Gasteiger partial charge in [0, 0.05) is 0 Å². The maximum absolute atomic E-state index is 12.5. The molecule has 1 rings (SSSR count). The minimum absolute atomic E-state index is 0.532. The van der Waals surface area contributed by atoms with Gasteiger partial charge in [0.05, 0.1) is 8.07 Å². The summed E-state index contributed by atoms with van der Waals surface area (Å²) < 4.78 is 0. The van der Waals surface area contributed by atoms with Crippen LogP contribution in [-0.2, 0) is 4.79 Å². The quantitative estimate of drug-likeness (QED) is 0.691. The zero-order valence-electron chi connectivity index (χ0n) is 11.7. The minimum atomic E-state index is -1.64. The summed E-state index contributed by atoms with van der Waals surface area (Å²) in [6, 6.07) is 0. The second-order valence-corrected chi connectivity index (χ2v) is 17.1. The van der Waals surface area contributed by atoms with E-state index in [2.05, 4.69) is 39.3 Å². The lowest BCUT2D eigenvalue weighted by molar-refractivity contribution is -0.109. The molecule has 0 saturated carbocycles. The Morgan fingerprint density at radius 2 is 1.44 bits per heavy atom. The fourth-order valence-corrected chi connectivity index (χ4v) is 5.81. The first-order valence-electron chi connectivity index (χ1n) is 6.41. The van der Waals surface area contributed by atoms with Crippen LogP contribution in [-0.4, -0.2) is 21.6 Å². The summed E-state index contributed by atoms with van der Waals surface area (Å²) in [5, 5.41) is 2.11. The predicted octanol–water partition coefficient (Wildman–Crippen LogP) is 4.18. The van der Waals surface area contributed by atoms with Crippen molar-refractivity contribution in [1.82, 2.24) is 0 Å². The van der Waals surface area contributed by atoms with Crippen molar-refractivity contribution >= 4 is 21.6 Å². The number of hydrogen-bond acceptors (Lipinski definition) is 1. The van der Waals surface area contributed by atoms with E-state index in [1.807, 2.05) is 0 Å². The van der Waals surface area contributed by atoms with Crippen molar-refractivity contribution in [3.63, 3.8) is 0 Å². The lowest BCUT2D eigenvalue weighted by Crippen LogP contribution is -2.38. The van der Waals surface area contributed by atoms with Gasteiger partial charge in [0.1, 0.15) is 13.5 Å². The van der Waals surface area contributed by atoms with Gasteiger partial charge < -0.3 is 4.79 Å². The molecular formula is C13H26OSi2. The van der Waals surface area contributed by atoms with Gasteiger partial charge in [0.25, 0.3) is 0 Å². The zero-order valence-corrected chi connectivity index (χ0v) is 13.7. The van der Waals surface area contributed by atoms with Crippen LogP contribution < -0.4 is 0 Å². The normalized spacial score (nSPS) is 18.9. The van der Waals surface area contributed by atoms with Gasteiger partial charge in [-0.2, -0.15) is 0 Å². The van der Waals surface area contributed by atoms with Crippen LogP contribution in [0.2, 0.25) is 39.3 Å². The van der Waals surface area contributed by atoms with E-state index in [1.165, 1.54) is 24.8 Å². The number of rotatable bonds is 3. The molecule has 0 atom stereocenters. The molecule has 0 aromatic rings. The van der Waals surface area contributed by atoms with Crippen molar-refractivity contribution in [2.75, 3.05) is 0 Å². The Balaban J connectivity index is 3.15. The highest BCUT2D eigenvalue weighted by molar-refractivity contribution is 7.05. The van der Waals surface area contributed by atoms with Gasteiger partial charge in [-0.3, -0.25) is 0 Å². The zero-order chi connectivity index (χ0) is 12.6. The molecule has 0 aliphatic heterocycles. The van der Waals surface area contributed by atoms with Gasteiger partial charge in [-0.15, -0.1) is 0 Å². The maximum atomic E-state index is 12.5. The van der Waals surface area contributed by atoms with Crippen LogP contribution in [0.4, 0.5) is 0 Å². The Hall–Kier alpha value is -0.156. The fraction of sp³-hybridized carbons (Fsp3) is 0.769. The Bertz CT molecular complexity index is 316. The van der Waals surface area contributed by atoms with Crippen molar-refractivity contribution in [3.05, 3.63) is 10.8 Å². The van der Waals surface area contributed by atoms with Gasteiger partial charge >= 0.3 is 0 Å². The van der Waals surface area contributed by atoms with Crippen LogP contribution in [0.5, 0.6) is 0 Å². The molecule has 16 heavy (non-hydrogen) atoms. The highest BCUT2D eigenvalue weighted by atomic mass is 28.3. The Kier molecular flexibility index (Phi) is 4.01. The summed E-state index contributed by atoms with van der Waals surface area (Å²) in [5.41, 5.74) is 1.25. The highest BCUT2D eigenvalue weighted by Gasteiger charge is 2.33. The maximum Gasteiger partial charge on any atom is 0.135 e. The molecule has 0 spiro atoms. The SMILES string of the molecule is C[Si](C)(C)C(=O)C1=C([Si](C)(C)C)CCCC1. The van der Waals surface area contributed by atoms with E-state index >= 15 is 0 Å². The number of carbonyl (C=O) groups is 1. The summed E-state index contributed by atoms with van der Waals surface area (Å²) in [6.07, 6.45) is 4.77. The molecule has 0 fully saturated rings. The summed E-state index contributed by atoms with van der Waals surface area (Å²) in [7, 11) is -2.92. The third kappa shape index (κ3) is 3.17. The van der Waals surface area contributed by atoms with Crippen molar-refractivity contribution < 1.29 is 4.79 Å². The lowest BCUT2D eigenvalue weighted by Gasteiger charge is -2.31. The topological polar surface area (TPSA) is 17.1 Å². The average molecular weight is 255 g/mol. The Labute approximate surface area is 102 Å². The summed E-state index contributed by atoms with van der Waals surface area (Å²) in [5.74, 6) is 0. The van der Waals surface area contributed by atoms with E-state index in [0.29, 0.717) is 5.41 Å². The molecule has 1 aliphatic rings. The smallest absolute Gasteiger partial charge is 0.135 e. The fourth-order valence-electron chi connectivity index (χ4n) is 2.44. The second kappa shape index (κ2) is 4.61. The largest absolute Gasteiger partial charge is 0.300 e. The molecule has 0 saturated heterocycles. The molecule has 0 bridgehead atoms. The predicted molar refractivity (Wildman–Crippen MR) is 77.2 cm³/mol. The molecule has 1 aliphatic carbocycles.